The average Bonchev–Trinajstić information content (AvgIpc) is 2.88. The van der Waals surface area contributed by atoms with Gasteiger partial charge in [0.05, 0.1) is 12.1 Å². The van der Waals surface area contributed by atoms with E-state index in [1.165, 1.54) is 0 Å². The van der Waals surface area contributed by atoms with Crippen molar-refractivity contribution in [3.63, 3.8) is 0 Å². The molecule has 2 atom stereocenters. The lowest BCUT2D eigenvalue weighted by molar-refractivity contribution is -0.144. The maximum atomic E-state index is 11.8. The van der Waals surface area contributed by atoms with Gasteiger partial charge < -0.3 is 15.7 Å². The molecule has 1 aromatic rings. The Hall–Kier alpha value is -2.05. The number of hydrogen-bond acceptors (Lipinski definition) is 3. The van der Waals surface area contributed by atoms with E-state index in [4.69, 9.17) is 0 Å². The number of hydrogen-bond donors (Lipinski definition) is 4. The van der Waals surface area contributed by atoms with Crippen molar-refractivity contribution >= 4 is 12.0 Å². The molecular weight excluding hydrogens is 272 g/mol. The number of carbonyl (C=O) groups is 2. The number of rotatable bonds is 5. The lowest BCUT2D eigenvalue weighted by atomic mass is 9.79. The molecule has 1 aromatic heterocycles. The average molecular weight is 294 g/mol. The van der Waals surface area contributed by atoms with Crippen LogP contribution >= 0.6 is 0 Å². The number of urea groups is 1. The third-order valence-electron chi connectivity index (χ3n) is 4.12. The summed E-state index contributed by atoms with van der Waals surface area (Å²) >= 11 is 0. The van der Waals surface area contributed by atoms with Gasteiger partial charge in [0.25, 0.3) is 0 Å². The fourth-order valence-electron chi connectivity index (χ4n) is 2.79. The minimum absolute atomic E-state index is 0.0256. The number of amides is 2. The van der Waals surface area contributed by atoms with Crippen LogP contribution in [0.5, 0.6) is 0 Å². The molecule has 0 bridgehead atoms. The van der Waals surface area contributed by atoms with Gasteiger partial charge in [0.2, 0.25) is 0 Å². The second kappa shape index (κ2) is 7.10. The number of carboxylic acids is 1. The normalized spacial score (nSPS) is 21.8. The van der Waals surface area contributed by atoms with E-state index in [1.807, 2.05) is 6.92 Å². The van der Waals surface area contributed by atoms with Crippen molar-refractivity contribution in [2.75, 3.05) is 6.54 Å². The van der Waals surface area contributed by atoms with E-state index in [2.05, 4.69) is 20.8 Å². The topological polar surface area (TPSA) is 107 Å². The first kappa shape index (κ1) is 15.3. The fraction of sp³-hybridized carbons (Fsp3) is 0.643. The molecule has 1 aliphatic rings. The van der Waals surface area contributed by atoms with Gasteiger partial charge in [-0.15, -0.1) is 0 Å². The summed E-state index contributed by atoms with van der Waals surface area (Å²) in [6.07, 6.45) is 5.23. The van der Waals surface area contributed by atoms with Gasteiger partial charge in [-0.3, -0.25) is 9.89 Å². The Morgan fingerprint density at radius 3 is 2.81 bits per heavy atom. The lowest BCUT2D eigenvalue weighted by Crippen LogP contribution is -2.41. The molecule has 2 unspecified atom stereocenters. The Labute approximate surface area is 123 Å². The first-order valence-electron chi connectivity index (χ1n) is 7.31. The fourth-order valence-corrected chi connectivity index (χ4v) is 2.79. The zero-order valence-corrected chi connectivity index (χ0v) is 12.2. The van der Waals surface area contributed by atoms with Crippen LogP contribution in [-0.2, 0) is 11.3 Å². The summed E-state index contributed by atoms with van der Waals surface area (Å²) in [5.74, 6) is -1.07. The van der Waals surface area contributed by atoms with Crippen molar-refractivity contribution in [1.29, 1.82) is 0 Å². The van der Waals surface area contributed by atoms with Gasteiger partial charge in [-0.2, -0.15) is 5.10 Å². The van der Waals surface area contributed by atoms with Crippen molar-refractivity contribution in [2.45, 2.75) is 39.2 Å². The minimum Gasteiger partial charge on any atom is -0.481 e. The first-order valence-corrected chi connectivity index (χ1v) is 7.31. The number of nitrogens with zero attached hydrogens (tertiary/aromatic N) is 1. The van der Waals surface area contributed by atoms with E-state index in [0.717, 1.165) is 30.5 Å². The van der Waals surface area contributed by atoms with Crippen molar-refractivity contribution in [3.8, 4) is 0 Å². The molecule has 7 nitrogen and oxygen atoms in total. The first-order chi connectivity index (χ1) is 10.1. The highest BCUT2D eigenvalue weighted by Crippen LogP contribution is 2.29. The molecule has 7 heteroatoms. The highest BCUT2D eigenvalue weighted by molar-refractivity contribution is 5.74. The van der Waals surface area contributed by atoms with E-state index in [0.29, 0.717) is 19.5 Å². The van der Waals surface area contributed by atoms with Crippen molar-refractivity contribution < 1.29 is 14.7 Å². The van der Waals surface area contributed by atoms with Crippen LogP contribution in [0.25, 0.3) is 0 Å². The monoisotopic (exact) mass is 294 g/mol. The summed E-state index contributed by atoms with van der Waals surface area (Å²) < 4.78 is 0. The quantitative estimate of drug-likeness (QED) is 0.658. The zero-order chi connectivity index (χ0) is 15.2. The SMILES string of the molecule is Cc1[nH]ncc1CNC(=O)NCC1CCCCC1C(=O)O. The van der Waals surface area contributed by atoms with Crippen LogP contribution in [0, 0.1) is 18.8 Å². The third kappa shape index (κ3) is 4.21. The van der Waals surface area contributed by atoms with E-state index in [1.54, 1.807) is 6.20 Å². The van der Waals surface area contributed by atoms with Crippen LogP contribution in [0.15, 0.2) is 6.20 Å². The number of carboxylic acid groups (broad SMARTS) is 1. The molecule has 1 heterocycles. The van der Waals surface area contributed by atoms with Crippen LogP contribution in [0.2, 0.25) is 0 Å². The Kier molecular flexibility index (Phi) is 5.19. The van der Waals surface area contributed by atoms with Crippen molar-refractivity contribution in [3.05, 3.63) is 17.5 Å². The van der Waals surface area contributed by atoms with Gasteiger partial charge in [0.1, 0.15) is 0 Å². The molecule has 0 saturated heterocycles. The number of aliphatic carboxylic acids is 1. The third-order valence-corrected chi connectivity index (χ3v) is 4.12. The smallest absolute Gasteiger partial charge is 0.315 e. The van der Waals surface area contributed by atoms with Gasteiger partial charge in [-0.05, 0) is 25.7 Å². The van der Waals surface area contributed by atoms with E-state index in [9.17, 15) is 14.7 Å². The summed E-state index contributed by atoms with van der Waals surface area (Å²) in [5.41, 5.74) is 1.86. The van der Waals surface area contributed by atoms with Crippen LogP contribution < -0.4 is 10.6 Å². The number of nitrogens with one attached hydrogen (secondary N) is 3. The Morgan fingerprint density at radius 2 is 2.14 bits per heavy atom. The van der Waals surface area contributed by atoms with E-state index < -0.39 is 5.97 Å². The second-order valence-corrected chi connectivity index (χ2v) is 5.57. The van der Waals surface area contributed by atoms with E-state index in [-0.39, 0.29) is 17.9 Å². The maximum absolute atomic E-state index is 11.8. The maximum Gasteiger partial charge on any atom is 0.315 e. The predicted octanol–water partition coefficient (Wildman–Crippen LogP) is 1.41. The molecule has 0 aliphatic heterocycles. The van der Waals surface area contributed by atoms with E-state index >= 15 is 0 Å². The number of H-pyrrole nitrogens is 1. The number of aromatic amines is 1. The van der Waals surface area contributed by atoms with Gasteiger partial charge >= 0.3 is 12.0 Å². The standard InChI is InChI=1S/C14H22N4O3/c1-9-11(8-17-18-9)7-16-14(21)15-6-10-4-2-3-5-12(10)13(19)20/h8,10,12H,2-7H2,1H3,(H,17,18)(H,19,20)(H2,15,16,21). The highest BCUT2D eigenvalue weighted by Gasteiger charge is 2.30. The van der Waals surface area contributed by atoms with Gasteiger partial charge in [-0.1, -0.05) is 12.8 Å². The van der Waals surface area contributed by atoms with Gasteiger partial charge in [0.15, 0.2) is 0 Å². The largest absolute Gasteiger partial charge is 0.481 e. The molecule has 1 aliphatic carbocycles. The number of carbonyl (C=O) groups excluding carboxylic acids is 1. The Bertz CT molecular complexity index is 500. The molecule has 4 N–H and O–H groups in total. The summed E-state index contributed by atoms with van der Waals surface area (Å²) in [4.78, 5) is 23.0. The molecule has 0 aromatic carbocycles. The van der Waals surface area contributed by atoms with Crippen LogP contribution in [0.4, 0.5) is 4.79 Å². The second-order valence-electron chi connectivity index (χ2n) is 5.57. The zero-order valence-electron chi connectivity index (χ0n) is 12.2. The molecule has 21 heavy (non-hydrogen) atoms. The minimum atomic E-state index is -0.754. The number of aromatic nitrogens is 2. The number of aryl methyl sites for hydroxylation is 1. The summed E-state index contributed by atoms with van der Waals surface area (Å²) in [6, 6.07) is -0.273. The molecule has 1 fully saturated rings. The van der Waals surface area contributed by atoms with Crippen LogP contribution in [0.3, 0.4) is 0 Å². The molecule has 0 radical (unpaired) electrons. The van der Waals surface area contributed by atoms with Crippen molar-refractivity contribution in [1.82, 2.24) is 20.8 Å². The molecule has 0 spiro atoms. The molecule has 2 amide bonds. The van der Waals surface area contributed by atoms with Crippen LogP contribution in [0.1, 0.15) is 36.9 Å². The van der Waals surface area contributed by atoms with Crippen molar-refractivity contribution in [2.24, 2.45) is 11.8 Å². The summed E-state index contributed by atoms with van der Waals surface area (Å²) in [5, 5.41) is 21.4. The highest BCUT2D eigenvalue weighted by atomic mass is 16.4. The summed E-state index contributed by atoms with van der Waals surface area (Å²) in [6.45, 7) is 2.70. The molecular formula is C14H22N4O3. The lowest BCUT2D eigenvalue weighted by Gasteiger charge is -2.28. The Morgan fingerprint density at radius 1 is 1.38 bits per heavy atom. The molecule has 2 rings (SSSR count). The predicted molar refractivity (Wildman–Crippen MR) is 76.6 cm³/mol. The van der Waals surface area contributed by atoms with Gasteiger partial charge in [-0.25, -0.2) is 4.79 Å². The van der Waals surface area contributed by atoms with Crippen LogP contribution in [-0.4, -0.2) is 33.8 Å². The molecule has 116 valence electrons. The van der Waals surface area contributed by atoms with Gasteiger partial charge in [0, 0.05) is 24.3 Å². The summed E-state index contributed by atoms with van der Waals surface area (Å²) in [7, 11) is 0. The molecule has 1 saturated carbocycles. The Balaban J connectivity index is 1.75.